The van der Waals surface area contributed by atoms with Gasteiger partial charge in [-0.3, -0.25) is 4.79 Å². The molecule has 0 fully saturated rings. The van der Waals surface area contributed by atoms with Crippen molar-refractivity contribution < 1.29 is 14.3 Å². The normalized spacial score (nSPS) is 10.4. The van der Waals surface area contributed by atoms with Gasteiger partial charge in [-0.1, -0.05) is 24.9 Å². The van der Waals surface area contributed by atoms with Crippen LogP contribution in [0.15, 0.2) is 18.2 Å². The van der Waals surface area contributed by atoms with E-state index in [-0.39, 0.29) is 5.78 Å². The molecule has 1 aromatic rings. The number of halogens is 1. The summed E-state index contributed by atoms with van der Waals surface area (Å²) in [6.45, 7) is 5.40. The quantitative estimate of drug-likeness (QED) is 0.533. The van der Waals surface area contributed by atoms with E-state index in [1.54, 1.807) is 18.2 Å². The monoisotopic (exact) mass is 270 g/mol. The summed E-state index contributed by atoms with van der Waals surface area (Å²) in [5.74, 6) is 0.576. The van der Waals surface area contributed by atoms with Crippen LogP contribution >= 0.6 is 11.6 Å². The molecule has 0 spiro atoms. The van der Waals surface area contributed by atoms with Crippen LogP contribution in [0.4, 0.5) is 0 Å². The molecule has 0 aliphatic heterocycles. The Balaban J connectivity index is 2.36. The predicted molar refractivity (Wildman–Crippen MR) is 72.7 cm³/mol. The maximum Gasteiger partial charge on any atom is 0.159 e. The third-order valence-electron chi connectivity index (χ3n) is 2.47. The average molecular weight is 271 g/mol. The van der Waals surface area contributed by atoms with Crippen LogP contribution in [0.25, 0.3) is 0 Å². The number of carbonyl (C=O) groups excluding carboxylic acids is 1. The molecule has 0 heterocycles. The SMILES string of the molecule is CCCCOCCOc1ccc(C(C)=O)cc1Cl. The maximum atomic E-state index is 11.2. The number of ether oxygens (including phenoxy) is 2. The third-order valence-corrected chi connectivity index (χ3v) is 2.76. The van der Waals surface area contributed by atoms with Gasteiger partial charge >= 0.3 is 0 Å². The molecule has 0 atom stereocenters. The first kappa shape index (κ1) is 15.0. The fourth-order valence-electron chi connectivity index (χ4n) is 1.40. The second-order valence-electron chi connectivity index (χ2n) is 4.02. The van der Waals surface area contributed by atoms with Gasteiger partial charge in [-0.05, 0) is 31.5 Å². The molecule has 18 heavy (non-hydrogen) atoms. The van der Waals surface area contributed by atoms with E-state index in [1.807, 2.05) is 0 Å². The Morgan fingerprint density at radius 1 is 1.28 bits per heavy atom. The van der Waals surface area contributed by atoms with Crippen molar-refractivity contribution in [2.75, 3.05) is 19.8 Å². The van der Waals surface area contributed by atoms with Crippen molar-refractivity contribution in [3.63, 3.8) is 0 Å². The topological polar surface area (TPSA) is 35.5 Å². The van der Waals surface area contributed by atoms with E-state index >= 15 is 0 Å². The molecule has 100 valence electrons. The lowest BCUT2D eigenvalue weighted by molar-refractivity contribution is 0.0979. The Morgan fingerprint density at radius 2 is 2.06 bits per heavy atom. The highest BCUT2D eigenvalue weighted by molar-refractivity contribution is 6.32. The molecule has 0 bridgehead atoms. The highest BCUT2D eigenvalue weighted by Gasteiger charge is 2.05. The summed E-state index contributed by atoms with van der Waals surface area (Å²) < 4.78 is 10.9. The molecule has 0 saturated heterocycles. The van der Waals surface area contributed by atoms with Crippen molar-refractivity contribution in [1.82, 2.24) is 0 Å². The molecule has 0 N–H and O–H groups in total. The smallest absolute Gasteiger partial charge is 0.159 e. The van der Waals surface area contributed by atoms with Gasteiger partial charge < -0.3 is 9.47 Å². The van der Waals surface area contributed by atoms with Gasteiger partial charge in [0.15, 0.2) is 5.78 Å². The number of carbonyl (C=O) groups is 1. The Morgan fingerprint density at radius 3 is 2.67 bits per heavy atom. The fraction of sp³-hybridized carbons (Fsp3) is 0.500. The Hall–Kier alpha value is -1.06. The summed E-state index contributed by atoms with van der Waals surface area (Å²) in [5, 5.41) is 0.455. The highest BCUT2D eigenvalue weighted by Crippen LogP contribution is 2.25. The number of benzene rings is 1. The molecule has 3 nitrogen and oxygen atoms in total. The molecule has 1 rings (SSSR count). The number of hydrogen-bond acceptors (Lipinski definition) is 3. The van der Waals surface area contributed by atoms with Crippen LogP contribution in [0.3, 0.4) is 0 Å². The van der Waals surface area contributed by atoms with Crippen LogP contribution in [-0.2, 0) is 4.74 Å². The molecule has 1 aromatic carbocycles. The van der Waals surface area contributed by atoms with Gasteiger partial charge in [-0.2, -0.15) is 0 Å². The van der Waals surface area contributed by atoms with Crippen LogP contribution < -0.4 is 4.74 Å². The van der Waals surface area contributed by atoms with Crippen LogP contribution in [0.1, 0.15) is 37.0 Å². The predicted octanol–water partition coefficient (Wildman–Crippen LogP) is 3.74. The molecule has 0 aromatic heterocycles. The van der Waals surface area contributed by atoms with E-state index in [1.165, 1.54) is 6.92 Å². The maximum absolute atomic E-state index is 11.2. The summed E-state index contributed by atoms with van der Waals surface area (Å²) in [4.78, 5) is 11.2. The molecule has 0 aliphatic carbocycles. The number of ketones is 1. The zero-order chi connectivity index (χ0) is 13.4. The van der Waals surface area contributed by atoms with Crippen LogP contribution in [0, 0.1) is 0 Å². The summed E-state index contributed by atoms with van der Waals surface area (Å²) in [6, 6.07) is 5.05. The van der Waals surface area contributed by atoms with Gasteiger partial charge in [0.25, 0.3) is 0 Å². The number of unbranched alkanes of at least 4 members (excludes halogenated alkanes) is 1. The largest absolute Gasteiger partial charge is 0.490 e. The first-order valence-electron chi connectivity index (χ1n) is 6.16. The van der Waals surface area contributed by atoms with E-state index in [9.17, 15) is 4.79 Å². The summed E-state index contributed by atoms with van der Waals surface area (Å²) in [7, 11) is 0. The van der Waals surface area contributed by atoms with Crippen molar-refractivity contribution >= 4 is 17.4 Å². The van der Waals surface area contributed by atoms with Crippen molar-refractivity contribution in [2.24, 2.45) is 0 Å². The van der Waals surface area contributed by atoms with Crippen molar-refractivity contribution in [2.45, 2.75) is 26.7 Å². The van der Waals surface area contributed by atoms with E-state index < -0.39 is 0 Å². The highest BCUT2D eigenvalue weighted by atomic mass is 35.5. The minimum atomic E-state index is -0.00801. The minimum absolute atomic E-state index is 0.00801. The lowest BCUT2D eigenvalue weighted by Crippen LogP contribution is -2.07. The van der Waals surface area contributed by atoms with Crippen molar-refractivity contribution in [3.05, 3.63) is 28.8 Å². The minimum Gasteiger partial charge on any atom is -0.490 e. The first-order chi connectivity index (χ1) is 8.65. The number of rotatable bonds is 8. The van der Waals surface area contributed by atoms with E-state index in [0.717, 1.165) is 19.4 Å². The number of Topliss-reactive ketones (excluding diaryl/α,β-unsaturated/α-hetero) is 1. The summed E-state index contributed by atoms with van der Waals surface area (Å²) in [6.07, 6.45) is 2.19. The van der Waals surface area contributed by atoms with Gasteiger partial charge in [0.1, 0.15) is 12.4 Å². The van der Waals surface area contributed by atoms with Gasteiger partial charge in [0, 0.05) is 12.2 Å². The molecule has 0 aliphatic rings. The van der Waals surface area contributed by atoms with E-state index in [2.05, 4.69) is 6.92 Å². The Labute approximate surface area is 113 Å². The van der Waals surface area contributed by atoms with Gasteiger partial charge in [0.2, 0.25) is 0 Å². The Kier molecular flexibility index (Phi) is 6.76. The lowest BCUT2D eigenvalue weighted by Gasteiger charge is -2.09. The molecule has 0 radical (unpaired) electrons. The molecule has 4 heteroatoms. The van der Waals surface area contributed by atoms with Crippen molar-refractivity contribution in [1.29, 1.82) is 0 Å². The zero-order valence-electron chi connectivity index (χ0n) is 10.9. The summed E-state index contributed by atoms with van der Waals surface area (Å²) >= 11 is 6.02. The first-order valence-corrected chi connectivity index (χ1v) is 6.54. The average Bonchev–Trinajstić information content (AvgIpc) is 2.35. The lowest BCUT2D eigenvalue weighted by atomic mass is 10.1. The second kappa shape index (κ2) is 8.11. The van der Waals surface area contributed by atoms with Crippen LogP contribution in [0.2, 0.25) is 5.02 Å². The van der Waals surface area contributed by atoms with E-state index in [4.69, 9.17) is 21.1 Å². The van der Waals surface area contributed by atoms with Gasteiger partial charge in [-0.15, -0.1) is 0 Å². The van der Waals surface area contributed by atoms with Gasteiger partial charge in [0.05, 0.1) is 11.6 Å². The van der Waals surface area contributed by atoms with Crippen LogP contribution in [-0.4, -0.2) is 25.6 Å². The second-order valence-corrected chi connectivity index (χ2v) is 4.42. The fourth-order valence-corrected chi connectivity index (χ4v) is 1.63. The summed E-state index contributed by atoms with van der Waals surface area (Å²) in [5.41, 5.74) is 0.589. The molecule has 0 amide bonds. The van der Waals surface area contributed by atoms with E-state index in [0.29, 0.717) is 29.5 Å². The molecular weight excluding hydrogens is 252 g/mol. The molecular formula is C14H19ClO3. The Bertz CT molecular complexity index is 391. The molecule has 0 unspecified atom stereocenters. The van der Waals surface area contributed by atoms with Crippen LogP contribution in [0.5, 0.6) is 5.75 Å². The zero-order valence-corrected chi connectivity index (χ0v) is 11.6. The number of hydrogen-bond donors (Lipinski definition) is 0. The van der Waals surface area contributed by atoms with Crippen molar-refractivity contribution in [3.8, 4) is 5.75 Å². The van der Waals surface area contributed by atoms with Gasteiger partial charge in [-0.25, -0.2) is 0 Å². The third kappa shape index (κ3) is 5.07. The molecule has 0 saturated carbocycles. The standard InChI is InChI=1S/C14H19ClO3/c1-3-4-7-17-8-9-18-14-6-5-12(11(2)16)10-13(14)15/h5-6,10H,3-4,7-9H2,1-2H3.